The van der Waals surface area contributed by atoms with E-state index >= 15 is 0 Å². The molecule has 3 heterocycles. The molecule has 1 aromatic heterocycles. The highest BCUT2D eigenvalue weighted by atomic mass is 16.6. The molecule has 0 unspecified atom stereocenters. The first-order valence-electron chi connectivity index (χ1n) is 15.8. The van der Waals surface area contributed by atoms with Crippen molar-refractivity contribution in [1.29, 1.82) is 0 Å². The van der Waals surface area contributed by atoms with Crippen LogP contribution in [0, 0.1) is 6.92 Å². The van der Waals surface area contributed by atoms with Gasteiger partial charge in [0, 0.05) is 50.7 Å². The van der Waals surface area contributed by atoms with Crippen LogP contribution in [0.4, 0.5) is 4.79 Å². The molecule has 2 saturated heterocycles. The largest absolute Gasteiger partial charge is 0.483 e. The molecule has 2 N–H and O–H groups in total. The van der Waals surface area contributed by atoms with Crippen LogP contribution in [0.1, 0.15) is 62.0 Å². The van der Waals surface area contributed by atoms with Gasteiger partial charge in [0.25, 0.3) is 11.8 Å². The number of nitrogens with one attached hydrogen (secondary N) is 2. The average Bonchev–Trinajstić information content (AvgIpc) is 3.55. The highest BCUT2D eigenvalue weighted by molar-refractivity contribution is 5.99. The fraction of sp³-hybridized carbons (Fsp3) is 0.562. The van der Waals surface area contributed by atoms with Crippen molar-refractivity contribution in [2.75, 3.05) is 59.0 Å². The van der Waals surface area contributed by atoms with E-state index in [9.17, 15) is 24.0 Å². The molecule has 0 spiro atoms. The van der Waals surface area contributed by atoms with Crippen LogP contribution >= 0.6 is 0 Å². The van der Waals surface area contributed by atoms with Crippen molar-refractivity contribution < 1.29 is 33.4 Å². The molecule has 45 heavy (non-hydrogen) atoms. The Morgan fingerprint density at radius 1 is 0.933 bits per heavy atom. The molecule has 0 bridgehead atoms. The summed E-state index contributed by atoms with van der Waals surface area (Å²) in [5.41, 5.74) is 1.48. The smallest absolute Gasteiger partial charge is 0.409 e. The van der Waals surface area contributed by atoms with E-state index in [2.05, 4.69) is 15.6 Å². The van der Waals surface area contributed by atoms with E-state index < -0.39 is 11.9 Å². The number of unbranched alkanes of at least 4 members (excludes halogenated alkanes) is 1. The van der Waals surface area contributed by atoms with Gasteiger partial charge in [-0.3, -0.25) is 19.2 Å². The van der Waals surface area contributed by atoms with Crippen LogP contribution in [-0.4, -0.2) is 114 Å². The van der Waals surface area contributed by atoms with Gasteiger partial charge in [-0.1, -0.05) is 26.3 Å². The summed E-state index contributed by atoms with van der Waals surface area (Å²) in [7, 11) is 0. The van der Waals surface area contributed by atoms with Crippen LogP contribution in [-0.2, 0) is 19.1 Å². The third-order valence-corrected chi connectivity index (χ3v) is 7.95. The standard InChI is InChI=1S/C32H44N6O7/c1-4-6-17-44-32(43)37-15-13-36(14-16-37)28(39)20-34-30(41)25-19-27(23-10-9-22(3)18-24(23)35-25)45-21-29(40)38-12-7-8-26(38)31(42)33-11-5-2/h9-10,18-19,26H,4-8,11-17,20-21H2,1-3H3,(H,33,42)(H,34,41)/t26-/m0/s1. The lowest BCUT2D eigenvalue weighted by Crippen LogP contribution is -2.52. The fourth-order valence-corrected chi connectivity index (χ4v) is 5.36. The molecule has 5 amide bonds. The number of likely N-dealkylation sites (tertiary alicyclic amines) is 1. The highest BCUT2D eigenvalue weighted by Crippen LogP contribution is 2.27. The van der Waals surface area contributed by atoms with Gasteiger partial charge in [0.1, 0.15) is 17.5 Å². The Hall–Kier alpha value is -4.42. The minimum absolute atomic E-state index is 0.0426. The second-order valence-corrected chi connectivity index (χ2v) is 11.4. The van der Waals surface area contributed by atoms with E-state index in [4.69, 9.17) is 9.47 Å². The number of fused-ring (bicyclic) bond motifs is 1. The molecule has 0 aliphatic carbocycles. The maximum absolute atomic E-state index is 13.1. The molecule has 4 rings (SSSR count). The number of rotatable bonds is 12. The number of nitrogens with zero attached hydrogens (tertiary/aromatic N) is 4. The third-order valence-electron chi connectivity index (χ3n) is 7.95. The van der Waals surface area contributed by atoms with Gasteiger partial charge in [0.15, 0.2) is 6.61 Å². The number of hydrogen-bond acceptors (Lipinski definition) is 8. The van der Waals surface area contributed by atoms with Crippen LogP contribution in [0.3, 0.4) is 0 Å². The first-order chi connectivity index (χ1) is 21.7. The minimum atomic E-state index is -0.562. The molecule has 13 heteroatoms. The third kappa shape index (κ3) is 8.83. The second-order valence-electron chi connectivity index (χ2n) is 11.4. The summed E-state index contributed by atoms with van der Waals surface area (Å²) in [6.45, 7) is 8.16. The first kappa shape index (κ1) is 33.5. The summed E-state index contributed by atoms with van der Waals surface area (Å²) in [5, 5.41) is 6.14. The van der Waals surface area contributed by atoms with E-state index in [-0.39, 0.29) is 42.7 Å². The van der Waals surface area contributed by atoms with Gasteiger partial charge < -0.3 is 34.8 Å². The van der Waals surface area contributed by atoms with Gasteiger partial charge in [-0.15, -0.1) is 0 Å². The van der Waals surface area contributed by atoms with Gasteiger partial charge in [0.05, 0.1) is 18.7 Å². The predicted molar refractivity (Wildman–Crippen MR) is 167 cm³/mol. The van der Waals surface area contributed by atoms with Gasteiger partial charge in [-0.05, 0) is 50.3 Å². The predicted octanol–water partition coefficient (Wildman–Crippen LogP) is 2.25. The van der Waals surface area contributed by atoms with Crippen LogP contribution in [0.15, 0.2) is 24.3 Å². The first-order valence-corrected chi connectivity index (χ1v) is 15.8. The Morgan fingerprint density at radius 3 is 2.42 bits per heavy atom. The van der Waals surface area contributed by atoms with Crippen LogP contribution < -0.4 is 15.4 Å². The number of pyridine rings is 1. The Labute approximate surface area is 263 Å². The molecule has 2 aromatic rings. The van der Waals surface area contributed by atoms with Crippen molar-refractivity contribution in [3.8, 4) is 5.75 Å². The summed E-state index contributed by atoms with van der Waals surface area (Å²) in [4.78, 5) is 73.1. The normalized spacial score (nSPS) is 16.4. The Morgan fingerprint density at radius 2 is 1.69 bits per heavy atom. The maximum atomic E-state index is 13.1. The zero-order valence-electron chi connectivity index (χ0n) is 26.4. The summed E-state index contributed by atoms with van der Waals surface area (Å²) in [6.07, 6.45) is 3.51. The van der Waals surface area contributed by atoms with Gasteiger partial charge in [-0.25, -0.2) is 9.78 Å². The van der Waals surface area contributed by atoms with Crippen LogP contribution in [0.2, 0.25) is 0 Å². The van der Waals surface area contributed by atoms with Crippen molar-refractivity contribution in [2.45, 2.75) is 58.9 Å². The van der Waals surface area contributed by atoms with Crippen molar-refractivity contribution >= 4 is 40.6 Å². The monoisotopic (exact) mass is 624 g/mol. The Kier molecular flexibility index (Phi) is 11.9. The number of carbonyl (C=O) groups is 5. The lowest BCUT2D eigenvalue weighted by atomic mass is 10.1. The van der Waals surface area contributed by atoms with Crippen molar-refractivity contribution in [1.82, 2.24) is 30.3 Å². The van der Waals surface area contributed by atoms with E-state index in [1.54, 1.807) is 14.7 Å². The second kappa shape index (κ2) is 16.1. The molecule has 1 aromatic carbocycles. The Bertz CT molecular complexity index is 1390. The number of ether oxygens (including phenoxy) is 2. The SMILES string of the molecule is CCCCOC(=O)N1CCN(C(=O)CNC(=O)c2cc(OCC(=O)N3CCC[C@H]3C(=O)NCCC)c3ccc(C)cc3n2)CC1. The lowest BCUT2D eigenvalue weighted by molar-refractivity contribution is -0.139. The molecular weight excluding hydrogens is 580 g/mol. The number of aromatic nitrogens is 1. The summed E-state index contributed by atoms with van der Waals surface area (Å²) in [5.74, 6) is -1.00. The van der Waals surface area contributed by atoms with Crippen LogP contribution in [0.25, 0.3) is 10.9 Å². The highest BCUT2D eigenvalue weighted by Gasteiger charge is 2.34. The molecule has 2 aliphatic rings. The van der Waals surface area contributed by atoms with Crippen LogP contribution in [0.5, 0.6) is 5.75 Å². The number of benzene rings is 1. The lowest BCUT2D eigenvalue weighted by Gasteiger charge is -2.34. The number of amides is 5. The topological polar surface area (TPSA) is 150 Å². The Balaban J connectivity index is 1.36. The number of carbonyl (C=O) groups excluding carboxylic acids is 5. The number of piperazine rings is 1. The average molecular weight is 625 g/mol. The van der Waals surface area contributed by atoms with Crippen molar-refractivity contribution in [2.24, 2.45) is 0 Å². The van der Waals surface area contributed by atoms with E-state index in [1.807, 2.05) is 39.0 Å². The van der Waals surface area contributed by atoms with E-state index in [1.165, 1.54) is 6.07 Å². The number of aryl methyl sites for hydroxylation is 1. The molecule has 13 nitrogen and oxygen atoms in total. The quantitative estimate of drug-likeness (QED) is 0.342. The summed E-state index contributed by atoms with van der Waals surface area (Å²) < 4.78 is 11.2. The summed E-state index contributed by atoms with van der Waals surface area (Å²) >= 11 is 0. The van der Waals surface area contributed by atoms with Gasteiger partial charge in [-0.2, -0.15) is 0 Å². The maximum Gasteiger partial charge on any atom is 0.409 e. The van der Waals surface area contributed by atoms with Gasteiger partial charge in [0.2, 0.25) is 11.8 Å². The molecule has 244 valence electrons. The van der Waals surface area contributed by atoms with Crippen molar-refractivity contribution in [3.05, 3.63) is 35.5 Å². The molecule has 0 saturated carbocycles. The molecule has 2 fully saturated rings. The number of hydrogen-bond donors (Lipinski definition) is 2. The zero-order chi connectivity index (χ0) is 32.3. The molecule has 2 aliphatic heterocycles. The summed E-state index contributed by atoms with van der Waals surface area (Å²) in [6, 6.07) is 6.46. The molecule has 1 atom stereocenters. The van der Waals surface area contributed by atoms with Gasteiger partial charge >= 0.3 is 6.09 Å². The zero-order valence-corrected chi connectivity index (χ0v) is 26.4. The van der Waals surface area contributed by atoms with Crippen molar-refractivity contribution in [3.63, 3.8) is 0 Å². The fourth-order valence-electron chi connectivity index (χ4n) is 5.36. The molecular formula is C32H44N6O7. The minimum Gasteiger partial charge on any atom is -0.483 e. The van der Waals surface area contributed by atoms with E-state index in [0.717, 1.165) is 31.2 Å². The van der Waals surface area contributed by atoms with E-state index in [0.29, 0.717) is 68.9 Å². The molecule has 0 radical (unpaired) electrons.